The smallest absolute Gasteiger partial charge is 0.212 e. The van der Waals surface area contributed by atoms with Crippen molar-refractivity contribution in [3.63, 3.8) is 0 Å². The molecular weight excluding hydrogens is 412 g/mol. The zero-order valence-electron chi connectivity index (χ0n) is 21.2. The topological polar surface area (TPSA) is 8.81 Å². The van der Waals surface area contributed by atoms with Crippen molar-refractivity contribution in [3.05, 3.63) is 94.7 Å². The lowest BCUT2D eigenvalue weighted by atomic mass is 9.78. The largest absolute Gasteiger partial charge is 0.296 e. The Balaban J connectivity index is 1.81. The maximum atomic E-state index is 2.75. The van der Waals surface area contributed by atoms with Crippen molar-refractivity contribution in [2.45, 2.75) is 65.8 Å². The third-order valence-corrected chi connectivity index (χ3v) is 8.73. The zero-order valence-corrected chi connectivity index (χ0v) is 21.2. The minimum Gasteiger partial charge on any atom is -0.212 e. The van der Waals surface area contributed by atoms with Crippen LogP contribution in [0.25, 0.3) is 28.3 Å². The van der Waals surface area contributed by atoms with E-state index in [1.54, 1.807) is 0 Å². The molecule has 1 unspecified atom stereocenters. The fourth-order valence-corrected chi connectivity index (χ4v) is 7.04. The molecule has 1 atom stereocenters. The van der Waals surface area contributed by atoms with Gasteiger partial charge in [0.25, 0.3) is 5.82 Å². The summed E-state index contributed by atoms with van der Waals surface area (Å²) in [5.41, 5.74) is 12.2. The number of hydrogen-bond acceptors (Lipinski definition) is 0. The molecule has 0 spiro atoms. The molecule has 1 aromatic heterocycles. The minimum atomic E-state index is -0.0504. The van der Waals surface area contributed by atoms with E-state index in [-0.39, 0.29) is 5.54 Å². The lowest BCUT2D eigenvalue weighted by Gasteiger charge is -2.32. The van der Waals surface area contributed by atoms with Crippen LogP contribution in [0.4, 0.5) is 0 Å². The molecule has 1 aliphatic carbocycles. The molecule has 2 aliphatic rings. The Morgan fingerprint density at radius 2 is 1.38 bits per heavy atom. The van der Waals surface area contributed by atoms with Crippen LogP contribution in [0.5, 0.6) is 0 Å². The third-order valence-electron chi connectivity index (χ3n) is 8.73. The molecule has 0 N–H and O–H groups in total. The summed E-state index contributed by atoms with van der Waals surface area (Å²) in [5, 5.41) is 0. The van der Waals surface area contributed by atoms with E-state index in [4.69, 9.17) is 0 Å². The second-order valence-corrected chi connectivity index (χ2v) is 10.7. The van der Waals surface area contributed by atoms with E-state index in [0.29, 0.717) is 5.92 Å². The molecule has 2 nitrogen and oxygen atoms in total. The monoisotopic (exact) mass is 447 g/mol. The molecule has 0 radical (unpaired) electrons. The summed E-state index contributed by atoms with van der Waals surface area (Å²) in [7, 11) is 0. The van der Waals surface area contributed by atoms with E-state index < -0.39 is 0 Å². The van der Waals surface area contributed by atoms with Crippen molar-refractivity contribution < 1.29 is 4.57 Å². The number of imidazole rings is 1. The molecule has 1 saturated carbocycles. The molecule has 1 fully saturated rings. The van der Waals surface area contributed by atoms with E-state index in [1.807, 2.05) is 0 Å². The van der Waals surface area contributed by atoms with Gasteiger partial charge in [-0.05, 0) is 63.3 Å². The second kappa shape index (κ2) is 7.70. The first-order valence-corrected chi connectivity index (χ1v) is 12.8. The fraction of sp³-hybridized carbons (Fsp3) is 0.344. The fourth-order valence-electron chi connectivity index (χ4n) is 7.04. The van der Waals surface area contributed by atoms with Gasteiger partial charge in [-0.15, -0.1) is 0 Å². The SMILES string of the molecule is Cc1ccccc1-n1c(C)c2[n+](c1-c1c(C)cccc1C)C(C)(C1CCCC1)c1ccccc1-2. The van der Waals surface area contributed by atoms with Gasteiger partial charge in [0, 0.05) is 24.0 Å². The molecule has 4 aromatic rings. The van der Waals surface area contributed by atoms with Crippen LogP contribution in [0.2, 0.25) is 0 Å². The van der Waals surface area contributed by atoms with Gasteiger partial charge in [0.15, 0.2) is 11.4 Å². The number of fused-ring (bicyclic) bond motifs is 3. The van der Waals surface area contributed by atoms with Crippen molar-refractivity contribution in [1.29, 1.82) is 0 Å². The Morgan fingerprint density at radius 1 is 0.765 bits per heavy atom. The third kappa shape index (κ3) is 2.78. The first-order chi connectivity index (χ1) is 16.4. The molecule has 6 rings (SSSR count). The highest BCUT2D eigenvalue weighted by molar-refractivity contribution is 5.74. The molecule has 172 valence electrons. The van der Waals surface area contributed by atoms with Crippen LogP contribution in [0.15, 0.2) is 66.7 Å². The molecule has 2 heteroatoms. The maximum absolute atomic E-state index is 2.75. The molecule has 2 heterocycles. The lowest BCUT2D eigenvalue weighted by molar-refractivity contribution is -0.733. The van der Waals surface area contributed by atoms with Gasteiger partial charge in [0.2, 0.25) is 0 Å². The van der Waals surface area contributed by atoms with E-state index >= 15 is 0 Å². The predicted octanol–water partition coefficient (Wildman–Crippen LogP) is 7.60. The molecule has 0 amide bonds. The first kappa shape index (κ1) is 21.4. The molecular formula is C32H35N2+. The highest BCUT2D eigenvalue weighted by atomic mass is 15.2. The Kier molecular flexibility index (Phi) is 4.85. The van der Waals surface area contributed by atoms with Crippen LogP contribution >= 0.6 is 0 Å². The highest BCUT2D eigenvalue weighted by Crippen LogP contribution is 2.50. The number of para-hydroxylation sites is 1. The lowest BCUT2D eigenvalue weighted by Crippen LogP contribution is -2.57. The summed E-state index contributed by atoms with van der Waals surface area (Å²) in [5.74, 6) is 1.98. The number of hydrogen-bond donors (Lipinski definition) is 0. The number of rotatable bonds is 3. The number of aromatic nitrogens is 2. The normalized spacial score (nSPS) is 19.4. The number of benzene rings is 3. The molecule has 1 aliphatic heterocycles. The first-order valence-electron chi connectivity index (χ1n) is 12.8. The minimum absolute atomic E-state index is 0.0504. The molecule has 0 saturated heterocycles. The van der Waals surface area contributed by atoms with Crippen LogP contribution in [0, 0.1) is 33.6 Å². The highest BCUT2D eigenvalue weighted by Gasteiger charge is 2.54. The van der Waals surface area contributed by atoms with Crippen LogP contribution in [0.1, 0.15) is 60.6 Å². The van der Waals surface area contributed by atoms with E-state index in [2.05, 4.69) is 110 Å². The number of aryl methyl sites for hydroxylation is 3. The Bertz CT molecular complexity index is 1400. The van der Waals surface area contributed by atoms with Crippen molar-refractivity contribution in [2.75, 3.05) is 0 Å². The molecule has 0 bridgehead atoms. The quantitative estimate of drug-likeness (QED) is 0.286. The van der Waals surface area contributed by atoms with Gasteiger partial charge in [-0.1, -0.05) is 73.5 Å². The van der Waals surface area contributed by atoms with Crippen LogP contribution in [-0.2, 0) is 5.54 Å². The van der Waals surface area contributed by atoms with Crippen molar-refractivity contribution in [1.82, 2.24) is 4.57 Å². The second-order valence-electron chi connectivity index (χ2n) is 10.7. The molecule has 3 aromatic carbocycles. The van der Waals surface area contributed by atoms with Crippen LogP contribution in [-0.4, -0.2) is 4.57 Å². The predicted molar refractivity (Wildman–Crippen MR) is 140 cm³/mol. The number of nitrogens with zero attached hydrogens (tertiary/aromatic N) is 2. The van der Waals surface area contributed by atoms with Gasteiger partial charge in [0.1, 0.15) is 11.2 Å². The Hall–Kier alpha value is -3.13. The van der Waals surface area contributed by atoms with E-state index in [1.165, 1.54) is 82.0 Å². The van der Waals surface area contributed by atoms with Gasteiger partial charge in [-0.25, -0.2) is 4.57 Å². The Morgan fingerprint density at radius 3 is 2.09 bits per heavy atom. The van der Waals surface area contributed by atoms with Gasteiger partial charge in [0.05, 0.1) is 5.56 Å². The van der Waals surface area contributed by atoms with Gasteiger partial charge in [-0.3, -0.25) is 0 Å². The molecule has 34 heavy (non-hydrogen) atoms. The zero-order chi connectivity index (χ0) is 23.6. The summed E-state index contributed by atoms with van der Waals surface area (Å²) in [6.07, 6.45) is 5.29. The summed E-state index contributed by atoms with van der Waals surface area (Å²) in [6.45, 7) is 11.6. The van der Waals surface area contributed by atoms with Crippen molar-refractivity contribution in [3.8, 4) is 28.3 Å². The van der Waals surface area contributed by atoms with Crippen molar-refractivity contribution in [2.24, 2.45) is 5.92 Å². The Labute approximate surface area is 203 Å². The average molecular weight is 448 g/mol. The average Bonchev–Trinajstić information content (AvgIpc) is 3.52. The van der Waals surface area contributed by atoms with E-state index in [9.17, 15) is 0 Å². The van der Waals surface area contributed by atoms with Crippen molar-refractivity contribution >= 4 is 0 Å². The standard InChI is InChI=1S/C32H35N2/c1-21-13-6-11-20-28(21)33-24(4)30-26-18-9-10-19-27(26)32(5,25-16-7-8-17-25)34(30)31(33)29-22(2)14-12-15-23(29)3/h6,9-15,18-20,25H,7-8,16-17H2,1-5H3/q+1. The maximum Gasteiger partial charge on any atom is 0.296 e. The summed E-state index contributed by atoms with van der Waals surface area (Å²) < 4.78 is 5.31. The van der Waals surface area contributed by atoms with E-state index in [0.717, 1.165) is 0 Å². The summed E-state index contributed by atoms with van der Waals surface area (Å²) in [6, 6.07) is 24.8. The van der Waals surface area contributed by atoms with Gasteiger partial charge < -0.3 is 0 Å². The van der Waals surface area contributed by atoms with Crippen LogP contribution in [0.3, 0.4) is 0 Å². The van der Waals surface area contributed by atoms with Gasteiger partial charge >= 0.3 is 0 Å². The summed E-state index contributed by atoms with van der Waals surface area (Å²) in [4.78, 5) is 0. The van der Waals surface area contributed by atoms with Gasteiger partial charge in [-0.2, -0.15) is 4.57 Å². The summed E-state index contributed by atoms with van der Waals surface area (Å²) >= 11 is 0. The van der Waals surface area contributed by atoms with Crippen LogP contribution < -0.4 is 4.57 Å².